The Balaban J connectivity index is 2.03. The average molecular weight is 235 g/mol. The minimum atomic E-state index is -4.03. The number of halogens is 3. The Morgan fingerprint density at radius 2 is 2.12 bits per heavy atom. The molecule has 6 heteroatoms. The summed E-state index contributed by atoms with van der Waals surface area (Å²) in [6, 6.07) is 0. The number of alkyl halides is 3. The number of unbranched alkanes of at least 4 members (excludes halogenated alkanes) is 1. The summed E-state index contributed by atoms with van der Waals surface area (Å²) in [7, 11) is 0. The van der Waals surface area contributed by atoms with E-state index in [0.717, 1.165) is 11.4 Å². The first kappa shape index (κ1) is 13.0. The van der Waals surface area contributed by atoms with Crippen molar-refractivity contribution in [2.75, 3.05) is 6.54 Å². The van der Waals surface area contributed by atoms with Crippen molar-refractivity contribution in [2.24, 2.45) is 0 Å². The van der Waals surface area contributed by atoms with Crippen LogP contribution in [-0.2, 0) is 6.54 Å². The van der Waals surface area contributed by atoms with Crippen molar-refractivity contribution < 1.29 is 13.2 Å². The molecule has 0 aliphatic heterocycles. The van der Waals surface area contributed by atoms with Crippen molar-refractivity contribution in [1.29, 1.82) is 0 Å². The van der Waals surface area contributed by atoms with Gasteiger partial charge in [-0.3, -0.25) is 0 Å². The lowest BCUT2D eigenvalue weighted by Gasteiger charge is -2.06. The van der Waals surface area contributed by atoms with Gasteiger partial charge in [0.2, 0.25) is 0 Å². The molecule has 16 heavy (non-hydrogen) atoms. The van der Waals surface area contributed by atoms with Crippen molar-refractivity contribution >= 4 is 0 Å². The number of hydrogen-bond acceptors (Lipinski definition) is 2. The minimum absolute atomic E-state index is 0.177. The lowest BCUT2D eigenvalue weighted by Crippen LogP contribution is -2.16. The molecule has 3 nitrogen and oxygen atoms in total. The molecule has 0 unspecified atom stereocenters. The quantitative estimate of drug-likeness (QED) is 0.744. The molecule has 1 aromatic heterocycles. The van der Waals surface area contributed by atoms with Gasteiger partial charge in [-0.15, -0.1) is 0 Å². The lowest BCUT2D eigenvalue weighted by atomic mass is 10.2. The van der Waals surface area contributed by atoms with Crippen LogP contribution in [0, 0.1) is 6.92 Å². The minimum Gasteiger partial charge on any atom is -0.348 e. The van der Waals surface area contributed by atoms with E-state index in [2.05, 4.69) is 15.3 Å². The molecule has 1 aromatic rings. The smallest absolute Gasteiger partial charge is 0.348 e. The summed E-state index contributed by atoms with van der Waals surface area (Å²) in [5.74, 6) is 0. The number of H-pyrrole nitrogens is 1. The predicted octanol–water partition coefficient (Wildman–Crippen LogP) is 2.54. The second-order valence-corrected chi connectivity index (χ2v) is 3.72. The molecule has 0 bridgehead atoms. The van der Waals surface area contributed by atoms with E-state index < -0.39 is 12.6 Å². The van der Waals surface area contributed by atoms with E-state index in [-0.39, 0.29) is 6.42 Å². The highest BCUT2D eigenvalue weighted by Crippen LogP contribution is 2.21. The third-order valence-corrected chi connectivity index (χ3v) is 2.29. The Bertz CT molecular complexity index is 307. The standard InChI is InChI=1S/C10H16F3N3/c1-8-9(16-7-15-8)6-14-5-3-2-4-10(11,12)13/h7,14H,2-6H2,1H3,(H,15,16). The van der Waals surface area contributed by atoms with E-state index >= 15 is 0 Å². The van der Waals surface area contributed by atoms with Gasteiger partial charge in [-0.05, 0) is 26.3 Å². The highest BCUT2D eigenvalue weighted by molar-refractivity contribution is 5.07. The number of imidazole rings is 1. The van der Waals surface area contributed by atoms with Gasteiger partial charge < -0.3 is 10.3 Å². The summed E-state index contributed by atoms with van der Waals surface area (Å²) >= 11 is 0. The van der Waals surface area contributed by atoms with Crippen molar-refractivity contribution in [3.63, 3.8) is 0 Å². The molecule has 0 radical (unpaired) electrons. The van der Waals surface area contributed by atoms with Crippen LogP contribution in [-0.4, -0.2) is 22.7 Å². The number of aromatic amines is 1. The third-order valence-electron chi connectivity index (χ3n) is 2.29. The first-order valence-corrected chi connectivity index (χ1v) is 5.25. The van der Waals surface area contributed by atoms with Crippen LogP contribution in [0.25, 0.3) is 0 Å². The van der Waals surface area contributed by atoms with Crippen LogP contribution in [0.1, 0.15) is 30.7 Å². The topological polar surface area (TPSA) is 40.7 Å². The largest absolute Gasteiger partial charge is 0.389 e. The molecule has 0 aromatic carbocycles. The summed E-state index contributed by atoms with van der Waals surface area (Å²) in [6.45, 7) is 3.09. The average Bonchev–Trinajstić information content (AvgIpc) is 2.56. The molecule has 0 spiro atoms. The van der Waals surface area contributed by atoms with E-state index in [1.165, 1.54) is 0 Å². The summed E-state index contributed by atoms with van der Waals surface area (Å²) in [4.78, 5) is 7.02. The Morgan fingerprint density at radius 1 is 1.38 bits per heavy atom. The molecular formula is C10H16F3N3. The van der Waals surface area contributed by atoms with Crippen molar-refractivity contribution in [2.45, 2.75) is 38.9 Å². The maximum atomic E-state index is 11.8. The number of rotatable bonds is 6. The SMILES string of the molecule is Cc1[nH]cnc1CNCCCCC(F)(F)F. The zero-order chi connectivity index (χ0) is 12.0. The molecule has 2 N–H and O–H groups in total. The van der Waals surface area contributed by atoms with Gasteiger partial charge >= 0.3 is 6.18 Å². The van der Waals surface area contributed by atoms with Crippen molar-refractivity contribution in [3.05, 3.63) is 17.7 Å². The van der Waals surface area contributed by atoms with Gasteiger partial charge in [-0.1, -0.05) is 0 Å². The van der Waals surface area contributed by atoms with E-state index in [4.69, 9.17) is 0 Å². The maximum Gasteiger partial charge on any atom is 0.389 e. The van der Waals surface area contributed by atoms with E-state index in [1.807, 2.05) is 6.92 Å². The normalized spacial score (nSPS) is 12.0. The van der Waals surface area contributed by atoms with Crippen LogP contribution < -0.4 is 5.32 Å². The molecule has 0 atom stereocenters. The summed E-state index contributed by atoms with van der Waals surface area (Å²) < 4.78 is 35.4. The van der Waals surface area contributed by atoms with Crippen LogP contribution in [0.5, 0.6) is 0 Å². The molecule has 0 saturated carbocycles. The molecular weight excluding hydrogens is 219 g/mol. The maximum absolute atomic E-state index is 11.8. The molecule has 0 saturated heterocycles. The summed E-state index contributed by atoms with van der Waals surface area (Å²) in [5.41, 5.74) is 1.90. The van der Waals surface area contributed by atoms with E-state index in [1.54, 1.807) is 6.33 Å². The molecule has 92 valence electrons. The molecule has 1 rings (SSSR count). The Labute approximate surface area is 92.5 Å². The first-order chi connectivity index (χ1) is 7.49. The number of aryl methyl sites for hydroxylation is 1. The fraction of sp³-hybridized carbons (Fsp3) is 0.700. The molecule has 0 fully saturated rings. The van der Waals surface area contributed by atoms with Gasteiger partial charge in [-0.2, -0.15) is 13.2 Å². The van der Waals surface area contributed by atoms with Crippen molar-refractivity contribution in [3.8, 4) is 0 Å². The van der Waals surface area contributed by atoms with Crippen LogP contribution in [0.4, 0.5) is 13.2 Å². The van der Waals surface area contributed by atoms with Crippen LogP contribution in [0.2, 0.25) is 0 Å². The Hall–Kier alpha value is -1.04. The summed E-state index contributed by atoms with van der Waals surface area (Å²) in [6.07, 6.45) is -2.41. The monoisotopic (exact) mass is 235 g/mol. The van der Waals surface area contributed by atoms with Gasteiger partial charge in [0.15, 0.2) is 0 Å². The first-order valence-electron chi connectivity index (χ1n) is 5.25. The Morgan fingerprint density at radius 3 is 2.69 bits per heavy atom. The molecule has 0 amide bonds. The fourth-order valence-corrected chi connectivity index (χ4v) is 1.35. The van der Waals surface area contributed by atoms with Gasteiger partial charge in [0.25, 0.3) is 0 Å². The number of nitrogens with zero attached hydrogens (tertiary/aromatic N) is 1. The second-order valence-electron chi connectivity index (χ2n) is 3.72. The number of nitrogens with one attached hydrogen (secondary N) is 2. The highest BCUT2D eigenvalue weighted by atomic mass is 19.4. The van der Waals surface area contributed by atoms with Gasteiger partial charge in [0, 0.05) is 18.7 Å². The van der Waals surface area contributed by atoms with Gasteiger partial charge in [0.1, 0.15) is 0 Å². The molecule has 0 aliphatic carbocycles. The highest BCUT2D eigenvalue weighted by Gasteiger charge is 2.25. The Kier molecular flexibility index (Phi) is 4.79. The van der Waals surface area contributed by atoms with Gasteiger partial charge in [-0.25, -0.2) is 4.98 Å². The molecule has 1 heterocycles. The lowest BCUT2D eigenvalue weighted by molar-refractivity contribution is -0.135. The zero-order valence-electron chi connectivity index (χ0n) is 9.19. The van der Waals surface area contributed by atoms with E-state index in [9.17, 15) is 13.2 Å². The number of aromatic nitrogens is 2. The predicted molar refractivity (Wildman–Crippen MR) is 54.9 cm³/mol. The second kappa shape index (κ2) is 5.89. The third kappa shape index (κ3) is 5.16. The van der Waals surface area contributed by atoms with Gasteiger partial charge in [0.05, 0.1) is 12.0 Å². The van der Waals surface area contributed by atoms with Crippen LogP contribution in [0.3, 0.4) is 0 Å². The van der Waals surface area contributed by atoms with E-state index in [0.29, 0.717) is 19.5 Å². The number of hydrogen-bond donors (Lipinski definition) is 2. The van der Waals surface area contributed by atoms with Crippen molar-refractivity contribution in [1.82, 2.24) is 15.3 Å². The van der Waals surface area contributed by atoms with Crippen LogP contribution in [0.15, 0.2) is 6.33 Å². The zero-order valence-corrected chi connectivity index (χ0v) is 9.19. The fourth-order valence-electron chi connectivity index (χ4n) is 1.35. The van der Waals surface area contributed by atoms with Crippen LogP contribution >= 0.6 is 0 Å². The summed E-state index contributed by atoms with van der Waals surface area (Å²) in [5, 5.41) is 3.07. The molecule has 0 aliphatic rings.